The van der Waals surface area contributed by atoms with Crippen LogP contribution in [0.2, 0.25) is 0 Å². The van der Waals surface area contributed by atoms with Gasteiger partial charge >= 0.3 is 0 Å². The molecule has 22 heavy (non-hydrogen) atoms. The first-order chi connectivity index (χ1) is 10.1. The molecule has 2 fully saturated rings. The summed E-state index contributed by atoms with van der Waals surface area (Å²) in [6, 6.07) is 5.89. The van der Waals surface area contributed by atoms with E-state index in [1.54, 1.807) is 0 Å². The fraction of sp³-hybridized carbons (Fsp3) is 0.600. The highest BCUT2D eigenvalue weighted by Crippen LogP contribution is 2.25. The smallest absolute Gasteiger partial charge is 0.243 e. The molecule has 124 valence electrons. The van der Waals surface area contributed by atoms with Crippen molar-refractivity contribution in [2.24, 2.45) is 0 Å². The molecule has 1 aromatic rings. The third-order valence-electron chi connectivity index (χ3n) is 4.55. The number of sulfonamides is 1. The Bertz CT molecular complexity index is 597. The van der Waals surface area contributed by atoms with Gasteiger partial charge < -0.3 is 0 Å². The summed E-state index contributed by atoms with van der Waals surface area (Å²) in [7, 11) is -3.56. The van der Waals surface area contributed by atoms with Crippen LogP contribution < -0.4 is 0 Å². The molecule has 1 saturated heterocycles. The van der Waals surface area contributed by atoms with Gasteiger partial charge in [-0.05, 0) is 31.0 Å². The van der Waals surface area contributed by atoms with Gasteiger partial charge in [-0.25, -0.2) is 12.8 Å². The Morgan fingerprint density at radius 3 is 2.27 bits per heavy atom. The van der Waals surface area contributed by atoms with Gasteiger partial charge in [0.15, 0.2) is 0 Å². The number of rotatable bonds is 3. The number of hydrogen-bond acceptors (Lipinski definition) is 3. The Labute approximate surface area is 137 Å². The first kappa shape index (κ1) is 17.7. The van der Waals surface area contributed by atoms with Gasteiger partial charge in [0.05, 0.1) is 4.90 Å². The van der Waals surface area contributed by atoms with E-state index >= 15 is 0 Å². The van der Waals surface area contributed by atoms with E-state index in [-0.39, 0.29) is 17.3 Å². The quantitative estimate of drug-likeness (QED) is 0.842. The summed E-state index contributed by atoms with van der Waals surface area (Å²) in [4.78, 5) is 2.46. The molecule has 0 unspecified atom stereocenters. The van der Waals surface area contributed by atoms with Gasteiger partial charge in [0.25, 0.3) is 0 Å². The molecule has 2 aliphatic rings. The van der Waals surface area contributed by atoms with E-state index in [0.717, 1.165) is 19.2 Å². The summed E-state index contributed by atoms with van der Waals surface area (Å²) in [6.45, 7) is 2.54. The molecule has 0 spiro atoms. The molecule has 3 rings (SSSR count). The molecular formula is C15H22ClFN2O2S. The van der Waals surface area contributed by atoms with Crippen molar-refractivity contribution in [2.75, 3.05) is 26.2 Å². The van der Waals surface area contributed by atoms with Crippen molar-refractivity contribution in [3.05, 3.63) is 30.1 Å². The second-order valence-corrected chi connectivity index (χ2v) is 7.77. The van der Waals surface area contributed by atoms with Crippen molar-refractivity contribution in [3.63, 3.8) is 0 Å². The van der Waals surface area contributed by atoms with E-state index in [9.17, 15) is 12.8 Å². The summed E-state index contributed by atoms with van der Waals surface area (Å²) in [5, 5.41) is 0. The zero-order valence-electron chi connectivity index (χ0n) is 12.4. The Balaban J connectivity index is 0.00000176. The molecule has 0 atom stereocenters. The summed E-state index contributed by atoms with van der Waals surface area (Å²) >= 11 is 0. The molecule has 0 aromatic heterocycles. The molecule has 1 aliphatic carbocycles. The predicted molar refractivity (Wildman–Crippen MR) is 86.2 cm³/mol. The molecule has 0 bridgehead atoms. The van der Waals surface area contributed by atoms with Gasteiger partial charge in [-0.15, -0.1) is 12.4 Å². The topological polar surface area (TPSA) is 40.6 Å². The highest BCUT2D eigenvalue weighted by molar-refractivity contribution is 7.89. The molecule has 1 aliphatic heterocycles. The van der Waals surface area contributed by atoms with Gasteiger partial charge in [-0.1, -0.05) is 18.9 Å². The molecule has 1 heterocycles. The highest BCUT2D eigenvalue weighted by atomic mass is 35.5. The van der Waals surface area contributed by atoms with Crippen LogP contribution in [0.3, 0.4) is 0 Å². The lowest BCUT2D eigenvalue weighted by molar-refractivity contribution is 0.139. The van der Waals surface area contributed by atoms with E-state index in [4.69, 9.17) is 0 Å². The lowest BCUT2D eigenvalue weighted by atomic mass is 10.2. The van der Waals surface area contributed by atoms with Crippen LogP contribution >= 0.6 is 12.4 Å². The van der Waals surface area contributed by atoms with E-state index in [1.165, 1.54) is 48.2 Å². The first-order valence-corrected chi connectivity index (χ1v) is 9.01. The summed E-state index contributed by atoms with van der Waals surface area (Å²) in [6.07, 6.45) is 5.03. The van der Waals surface area contributed by atoms with Crippen molar-refractivity contribution in [1.82, 2.24) is 9.21 Å². The van der Waals surface area contributed by atoms with Gasteiger partial charge in [-0.3, -0.25) is 4.90 Å². The zero-order chi connectivity index (χ0) is 14.9. The van der Waals surface area contributed by atoms with Gasteiger partial charge in [0.1, 0.15) is 5.82 Å². The number of nitrogens with zero attached hydrogens (tertiary/aromatic N) is 2. The summed E-state index contributed by atoms with van der Waals surface area (Å²) < 4.78 is 39.7. The molecule has 7 heteroatoms. The molecule has 4 nitrogen and oxygen atoms in total. The second kappa shape index (κ2) is 7.25. The Hall–Kier alpha value is -0.690. The maximum Gasteiger partial charge on any atom is 0.243 e. The van der Waals surface area contributed by atoms with Crippen molar-refractivity contribution in [1.29, 1.82) is 0 Å². The average molecular weight is 349 g/mol. The number of benzene rings is 1. The van der Waals surface area contributed by atoms with Crippen LogP contribution in [0, 0.1) is 5.82 Å². The second-order valence-electron chi connectivity index (χ2n) is 5.84. The van der Waals surface area contributed by atoms with Crippen LogP contribution in [0.15, 0.2) is 29.2 Å². The lowest BCUT2D eigenvalue weighted by Crippen LogP contribution is -2.51. The molecule has 1 aromatic carbocycles. The third kappa shape index (κ3) is 3.62. The van der Waals surface area contributed by atoms with Crippen molar-refractivity contribution in [2.45, 2.75) is 36.6 Å². The van der Waals surface area contributed by atoms with E-state index in [2.05, 4.69) is 4.90 Å². The van der Waals surface area contributed by atoms with Crippen LogP contribution in [0.4, 0.5) is 4.39 Å². The number of halogens is 2. The first-order valence-electron chi connectivity index (χ1n) is 7.57. The minimum atomic E-state index is -3.56. The van der Waals surface area contributed by atoms with E-state index in [0.29, 0.717) is 19.1 Å². The van der Waals surface area contributed by atoms with Crippen molar-refractivity contribution >= 4 is 22.4 Å². The Morgan fingerprint density at radius 1 is 1.05 bits per heavy atom. The SMILES string of the molecule is Cl.O=S(=O)(c1cccc(F)c1)N1CCN(C2CCCC2)CC1. The van der Waals surface area contributed by atoms with Crippen molar-refractivity contribution in [3.8, 4) is 0 Å². The van der Waals surface area contributed by atoms with Crippen LogP contribution in [0.1, 0.15) is 25.7 Å². The fourth-order valence-electron chi connectivity index (χ4n) is 3.36. The summed E-state index contributed by atoms with van der Waals surface area (Å²) in [5.41, 5.74) is 0. The Kier molecular flexibility index (Phi) is 5.82. The van der Waals surface area contributed by atoms with Crippen LogP contribution in [-0.4, -0.2) is 49.8 Å². The maximum absolute atomic E-state index is 13.2. The molecule has 0 N–H and O–H groups in total. The minimum absolute atomic E-state index is 0. The number of hydrogen-bond donors (Lipinski definition) is 0. The number of piperazine rings is 1. The minimum Gasteiger partial charge on any atom is -0.298 e. The van der Waals surface area contributed by atoms with Gasteiger partial charge in [-0.2, -0.15) is 4.31 Å². The van der Waals surface area contributed by atoms with E-state index < -0.39 is 15.8 Å². The zero-order valence-corrected chi connectivity index (χ0v) is 14.1. The Morgan fingerprint density at radius 2 is 1.68 bits per heavy atom. The molecular weight excluding hydrogens is 327 g/mol. The predicted octanol–water partition coefficient (Wildman–Crippen LogP) is 2.50. The fourth-order valence-corrected chi connectivity index (χ4v) is 4.81. The standard InChI is InChI=1S/C15H21FN2O2S.ClH/c16-13-4-3-7-15(12-13)21(19,20)18-10-8-17(9-11-18)14-5-1-2-6-14;/h3-4,7,12,14H,1-2,5-6,8-11H2;1H. The maximum atomic E-state index is 13.2. The largest absolute Gasteiger partial charge is 0.298 e. The lowest BCUT2D eigenvalue weighted by Gasteiger charge is -2.37. The normalized spacial score (nSPS) is 21.7. The monoisotopic (exact) mass is 348 g/mol. The highest BCUT2D eigenvalue weighted by Gasteiger charge is 2.31. The van der Waals surface area contributed by atoms with Crippen LogP contribution in [0.25, 0.3) is 0 Å². The van der Waals surface area contributed by atoms with E-state index in [1.807, 2.05) is 0 Å². The van der Waals surface area contributed by atoms with Crippen LogP contribution in [0.5, 0.6) is 0 Å². The van der Waals surface area contributed by atoms with Gasteiger partial charge in [0, 0.05) is 32.2 Å². The van der Waals surface area contributed by atoms with Crippen LogP contribution in [-0.2, 0) is 10.0 Å². The average Bonchev–Trinajstić information content (AvgIpc) is 3.02. The summed E-state index contributed by atoms with van der Waals surface area (Å²) in [5.74, 6) is -0.513. The van der Waals surface area contributed by atoms with Gasteiger partial charge in [0.2, 0.25) is 10.0 Å². The molecule has 1 saturated carbocycles. The molecule has 0 amide bonds. The third-order valence-corrected chi connectivity index (χ3v) is 6.44. The molecule has 0 radical (unpaired) electrons. The van der Waals surface area contributed by atoms with Crippen molar-refractivity contribution < 1.29 is 12.8 Å².